The van der Waals surface area contributed by atoms with E-state index in [1.165, 1.54) is 6.33 Å². The summed E-state index contributed by atoms with van der Waals surface area (Å²) >= 11 is 5.93. The minimum absolute atomic E-state index is 0.0375. The normalized spacial score (nSPS) is 12.1. The van der Waals surface area contributed by atoms with Crippen LogP contribution in [-0.2, 0) is 0 Å². The molecule has 0 radical (unpaired) electrons. The van der Waals surface area contributed by atoms with E-state index in [-0.39, 0.29) is 12.0 Å². The standard InChI is InChI=1S/C11H12ClN5/c1-7(8-3-2-4-9(12)5-8)16-11-15-6-14-10(13)17-11/h2-7H,1H3,(H3,13,14,15,16,17). The highest BCUT2D eigenvalue weighted by Gasteiger charge is 2.07. The molecule has 0 bridgehead atoms. The van der Waals surface area contributed by atoms with Gasteiger partial charge in [-0.25, -0.2) is 9.97 Å². The predicted molar refractivity (Wildman–Crippen MR) is 67.7 cm³/mol. The van der Waals surface area contributed by atoms with Crippen molar-refractivity contribution in [1.82, 2.24) is 15.0 Å². The van der Waals surface area contributed by atoms with Crippen LogP contribution in [0, 0.1) is 0 Å². The van der Waals surface area contributed by atoms with E-state index in [0.29, 0.717) is 11.0 Å². The summed E-state index contributed by atoms with van der Waals surface area (Å²) in [6.45, 7) is 1.99. The number of nitrogens with one attached hydrogen (secondary N) is 1. The van der Waals surface area contributed by atoms with Crippen molar-refractivity contribution in [2.75, 3.05) is 11.1 Å². The van der Waals surface area contributed by atoms with Crippen LogP contribution < -0.4 is 11.1 Å². The maximum absolute atomic E-state index is 5.93. The van der Waals surface area contributed by atoms with E-state index in [4.69, 9.17) is 17.3 Å². The highest BCUT2D eigenvalue weighted by molar-refractivity contribution is 6.30. The Hall–Kier alpha value is -1.88. The molecule has 0 saturated heterocycles. The Labute approximate surface area is 104 Å². The van der Waals surface area contributed by atoms with Crippen molar-refractivity contribution in [3.05, 3.63) is 41.2 Å². The summed E-state index contributed by atoms with van der Waals surface area (Å²) in [5.41, 5.74) is 6.53. The fraction of sp³-hybridized carbons (Fsp3) is 0.182. The van der Waals surface area contributed by atoms with Gasteiger partial charge in [-0.05, 0) is 24.6 Å². The number of anilines is 2. The number of hydrogen-bond donors (Lipinski definition) is 2. The third-order valence-electron chi connectivity index (χ3n) is 2.28. The van der Waals surface area contributed by atoms with Gasteiger partial charge in [0.2, 0.25) is 11.9 Å². The smallest absolute Gasteiger partial charge is 0.227 e. The van der Waals surface area contributed by atoms with Crippen molar-refractivity contribution in [3.63, 3.8) is 0 Å². The second-order valence-corrected chi connectivity index (χ2v) is 4.02. The molecule has 0 aliphatic heterocycles. The molecule has 0 amide bonds. The number of benzene rings is 1. The molecule has 1 heterocycles. The molecule has 0 fully saturated rings. The number of nitrogen functional groups attached to an aromatic ring is 1. The summed E-state index contributed by atoms with van der Waals surface area (Å²) in [6.07, 6.45) is 1.37. The van der Waals surface area contributed by atoms with Gasteiger partial charge in [0, 0.05) is 5.02 Å². The van der Waals surface area contributed by atoms with E-state index in [0.717, 1.165) is 5.56 Å². The average molecular weight is 250 g/mol. The first-order valence-electron chi connectivity index (χ1n) is 5.11. The molecule has 1 unspecified atom stereocenters. The van der Waals surface area contributed by atoms with Crippen molar-refractivity contribution in [2.45, 2.75) is 13.0 Å². The van der Waals surface area contributed by atoms with Crippen LogP contribution in [0.15, 0.2) is 30.6 Å². The van der Waals surface area contributed by atoms with Gasteiger partial charge in [0.15, 0.2) is 0 Å². The van der Waals surface area contributed by atoms with E-state index in [2.05, 4.69) is 20.3 Å². The largest absolute Gasteiger partial charge is 0.368 e. The van der Waals surface area contributed by atoms with Crippen molar-refractivity contribution in [2.24, 2.45) is 0 Å². The fourth-order valence-corrected chi connectivity index (χ4v) is 1.63. The van der Waals surface area contributed by atoms with Crippen LogP contribution in [-0.4, -0.2) is 15.0 Å². The second kappa shape index (κ2) is 4.97. The Morgan fingerprint density at radius 2 is 2.18 bits per heavy atom. The number of nitrogens with zero attached hydrogens (tertiary/aromatic N) is 3. The third-order valence-corrected chi connectivity index (χ3v) is 2.52. The van der Waals surface area contributed by atoms with Gasteiger partial charge in [-0.15, -0.1) is 0 Å². The first-order valence-corrected chi connectivity index (χ1v) is 5.49. The van der Waals surface area contributed by atoms with E-state index < -0.39 is 0 Å². The van der Waals surface area contributed by atoms with Gasteiger partial charge in [-0.1, -0.05) is 23.7 Å². The van der Waals surface area contributed by atoms with Gasteiger partial charge >= 0.3 is 0 Å². The van der Waals surface area contributed by atoms with Crippen LogP contribution in [0.5, 0.6) is 0 Å². The zero-order chi connectivity index (χ0) is 12.3. The second-order valence-electron chi connectivity index (χ2n) is 3.59. The minimum atomic E-state index is 0.0375. The Bertz CT molecular complexity index is 517. The molecule has 17 heavy (non-hydrogen) atoms. The van der Waals surface area contributed by atoms with Gasteiger partial charge in [0.05, 0.1) is 6.04 Å². The lowest BCUT2D eigenvalue weighted by Crippen LogP contribution is -2.10. The third kappa shape index (κ3) is 3.04. The van der Waals surface area contributed by atoms with Crippen LogP contribution in [0.25, 0.3) is 0 Å². The van der Waals surface area contributed by atoms with Crippen LogP contribution in [0.3, 0.4) is 0 Å². The molecule has 1 aromatic heterocycles. The van der Waals surface area contributed by atoms with Crippen LogP contribution >= 0.6 is 11.6 Å². The Morgan fingerprint density at radius 1 is 1.35 bits per heavy atom. The van der Waals surface area contributed by atoms with Crippen molar-refractivity contribution in [3.8, 4) is 0 Å². The summed E-state index contributed by atoms with van der Waals surface area (Å²) in [6, 6.07) is 7.64. The van der Waals surface area contributed by atoms with Crippen LogP contribution in [0.2, 0.25) is 5.02 Å². The molecule has 0 spiro atoms. The number of hydrogen-bond acceptors (Lipinski definition) is 5. The molecule has 6 heteroatoms. The first-order chi connectivity index (χ1) is 8.15. The van der Waals surface area contributed by atoms with Crippen molar-refractivity contribution < 1.29 is 0 Å². The highest BCUT2D eigenvalue weighted by Crippen LogP contribution is 2.19. The predicted octanol–water partition coefficient (Wildman–Crippen LogP) is 2.28. The lowest BCUT2D eigenvalue weighted by Gasteiger charge is -2.14. The SMILES string of the molecule is CC(Nc1ncnc(N)n1)c1cccc(Cl)c1. The molecule has 0 aliphatic rings. The van der Waals surface area contributed by atoms with E-state index >= 15 is 0 Å². The quantitative estimate of drug-likeness (QED) is 0.873. The van der Waals surface area contributed by atoms with Gasteiger partial charge in [-0.3, -0.25) is 0 Å². The Balaban J connectivity index is 2.14. The fourth-order valence-electron chi connectivity index (χ4n) is 1.43. The van der Waals surface area contributed by atoms with E-state index in [1.54, 1.807) is 0 Å². The maximum Gasteiger partial charge on any atom is 0.227 e. The van der Waals surface area contributed by atoms with Crippen molar-refractivity contribution in [1.29, 1.82) is 0 Å². The van der Waals surface area contributed by atoms with Crippen LogP contribution in [0.4, 0.5) is 11.9 Å². The average Bonchev–Trinajstić information content (AvgIpc) is 2.29. The zero-order valence-electron chi connectivity index (χ0n) is 9.26. The van der Waals surface area contributed by atoms with E-state index in [1.807, 2.05) is 31.2 Å². The summed E-state index contributed by atoms with van der Waals surface area (Å²) in [5, 5.41) is 3.83. The molecular weight excluding hydrogens is 238 g/mol. The summed E-state index contributed by atoms with van der Waals surface area (Å²) in [4.78, 5) is 11.7. The molecule has 5 nitrogen and oxygen atoms in total. The lowest BCUT2D eigenvalue weighted by molar-refractivity contribution is 0.855. The Morgan fingerprint density at radius 3 is 2.88 bits per heavy atom. The molecule has 2 rings (SSSR count). The van der Waals surface area contributed by atoms with Gasteiger partial charge < -0.3 is 11.1 Å². The molecule has 88 valence electrons. The lowest BCUT2D eigenvalue weighted by atomic mass is 10.1. The number of halogens is 1. The molecule has 0 aliphatic carbocycles. The molecular formula is C11H12ClN5. The topological polar surface area (TPSA) is 76.7 Å². The molecule has 1 atom stereocenters. The molecule has 1 aromatic carbocycles. The van der Waals surface area contributed by atoms with E-state index in [9.17, 15) is 0 Å². The number of nitrogens with two attached hydrogens (primary N) is 1. The molecule has 0 saturated carbocycles. The highest BCUT2D eigenvalue weighted by atomic mass is 35.5. The van der Waals surface area contributed by atoms with Gasteiger partial charge in [0.1, 0.15) is 6.33 Å². The maximum atomic E-state index is 5.93. The molecule has 2 aromatic rings. The summed E-state index contributed by atoms with van der Waals surface area (Å²) in [7, 11) is 0. The first kappa shape index (κ1) is 11.6. The Kier molecular flexibility index (Phi) is 3.39. The molecule has 3 N–H and O–H groups in total. The zero-order valence-corrected chi connectivity index (χ0v) is 10.0. The summed E-state index contributed by atoms with van der Waals surface area (Å²) < 4.78 is 0. The summed E-state index contributed by atoms with van der Waals surface area (Å²) in [5.74, 6) is 0.644. The number of aromatic nitrogens is 3. The van der Waals surface area contributed by atoms with Crippen LogP contribution in [0.1, 0.15) is 18.5 Å². The van der Waals surface area contributed by atoms with Gasteiger partial charge in [-0.2, -0.15) is 4.98 Å². The number of rotatable bonds is 3. The minimum Gasteiger partial charge on any atom is -0.368 e. The van der Waals surface area contributed by atoms with Gasteiger partial charge in [0.25, 0.3) is 0 Å². The van der Waals surface area contributed by atoms with Crippen molar-refractivity contribution >= 4 is 23.5 Å². The monoisotopic (exact) mass is 249 g/mol.